The number of nitrogens with zero attached hydrogens (tertiary/aromatic N) is 1. The van der Waals surface area contributed by atoms with Crippen LogP contribution in [0.3, 0.4) is 0 Å². The third-order valence-electron chi connectivity index (χ3n) is 5.39. The highest BCUT2D eigenvalue weighted by Crippen LogP contribution is 2.24. The fraction of sp³-hybridized carbons (Fsp3) is 0.160. The highest BCUT2D eigenvalue weighted by atomic mass is 16.5. The van der Waals surface area contributed by atoms with E-state index in [9.17, 15) is 19.5 Å². The Morgan fingerprint density at radius 3 is 2.09 bits per heavy atom. The average Bonchev–Trinajstić information content (AvgIpc) is 3.08. The van der Waals surface area contributed by atoms with Gasteiger partial charge in [-0.3, -0.25) is 19.3 Å². The van der Waals surface area contributed by atoms with Crippen molar-refractivity contribution in [3.63, 3.8) is 0 Å². The molecule has 1 heterocycles. The maximum atomic E-state index is 12.5. The summed E-state index contributed by atoms with van der Waals surface area (Å²) in [5, 5.41) is 13.0. The number of aliphatic hydroxyl groups is 1. The molecule has 32 heavy (non-hydrogen) atoms. The van der Waals surface area contributed by atoms with Gasteiger partial charge < -0.3 is 15.2 Å². The minimum Gasteiger partial charge on any atom is -0.497 e. The van der Waals surface area contributed by atoms with E-state index in [4.69, 9.17) is 4.74 Å². The van der Waals surface area contributed by atoms with Gasteiger partial charge in [0, 0.05) is 12.1 Å². The third kappa shape index (κ3) is 4.24. The lowest BCUT2D eigenvalue weighted by molar-refractivity contribution is 0.0641. The summed E-state index contributed by atoms with van der Waals surface area (Å²) in [5.41, 5.74) is 2.63. The summed E-state index contributed by atoms with van der Waals surface area (Å²) in [4.78, 5) is 38.6. The second-order valence-electron chi connectivity index (χ2n) is 7.44. The van der Waals surface area contributed by atoms with Crippen LogP contribution in [0.15, 0.2) is 72.8 Å². The summed E-state index contributed by atoms with van der Waals surface area (Å²) in [5.74, 6) is -0.281. The Morgan fingerprint density at radius 1 is 0.938 bits per heavy atom. The SMILES string of the molecule is COc1ccc(C(O)CNC(=O)c2ccc(CN3C(=O)c4ccccc4C3=O)cc2)cc1. The fourth-order valence-electron chi connectivity index (χ4n) is 3.56. The van der Waals surface area contributed by atoms with E-state index in [0.717, 1.165) is 5.56 Å². The molecule has 0 aliphatic carbocycles. The summed E-state index contributed by atoms with van der Waals surface area (Å²) in [6.45, 7) is 0.187. The minimum atomic E-state index is -0.849. The molecule has 1 unspecified atom stereocenters. The van der Waals surface area contributed by atoms with Crippen molar-refractivity contribution in [2.45, 2.75) is 12.6 Å². The fourth-order valence-corrected chi connectivity index (χ4v) is 3.56. The standard InChI is InChI=1S/C25H22N2O5/c1-32-19-12-10-17(11-13-19)22(28)14-26-23(29)18-8-6-16(7-9-18)15-27-24(30)20-4-2-3-5-21(20)25(27)31/h2-13,22,28H,14-15H2,1H3,(H,26,29). The van der Waals surface area contributed by atoms with Crippen molar-refractivity contribution in [3.05, 3.63) is 101 Å². The van der Waals surface area contributed by atoms with Crippen molar-refractivity contribution in [1.82, 2.24) is 10.2 Å². The van der Waals surface area contributed by atoms with Gasteiger partial charge in [-0.2, -0.15) is 0 Å². The van der Waals surface area contributed by atoms with Crippen molar-refractivity contribution in [2.75, 3.05) is 13.7 Å². The molecule has 162 valence electrons. The first-order chi connectivity index (χ1) is 15.5. The van der Waals surface area contributed by atoms with Gasteiger partial charge in [0.2, 0.25) is 0 Å². The Kier molecular flexibility index (Phi) is 6.00. The van der Waals surface area contributed by atoms with Crippen LogP contribution in [0, 0.1) is 0 Å². The number of ether oxygens (including phenoxy) is 1. The molecule has 1 aliphatic heterocycles. The number of fused-ring (bicyclic) bond motifs is 1. The summed E-state index contributed by atoms with van der Waals surface area (Å²) < 4.78 is 5.09. The molecule has 0 saturated heterocycles. The Hall–Kier alpha value is -3.97. The van der Waals surface area contributed by atoms with Crippen LogP contribution in [-0.2, 0) is 6.54 Å². The van der Waals surface area contributed by atoms with Gasteiger partial charge in [-0.05, 0) is 47.5 Å². The molecule has 2 N–H and O–H groups in total. The normalized spacial score (nSPS) is 13.6. The molecule has 3 aromatic rings. The van der Waals surface area contributed by atoms with Crippen LogP contribution in [0.4, 0.5) is 0 Å². The lowest BCUT2D eigenvalue weighted by Gasteiger charge is -2.15. The van der Waals surface area contributed by atoms with Crippen LogP contribution in [0.5, 0.6) is 5.75 Å². The number of benzene rings is 3. The first-order valence-electron chi connectivity index (χ1n) is 10.1. The first kappa shape index (κ1) is 21.3. The number of carbonyl (C=O) groups is 3. The number of amides is 3. The van der Waals surface area contributed by atoms with Crippen LogP contribution >= 0.6 is 0 Å². The van der Waals surface area contributed by atoms with E-state index in [1.54, 1.807) is 79.9 Å². The van der Waals surface area contributed by atoms with Crippen molar-refractivity contribution in [3.8, 4) is 5.75 Å². The Labute approximate surface area is 185 Å². The van der Waals surface area contributed by atoms with Crippen LogP contribution in [0.2, 0.25) is 0 Å². The van der Waals surface area contributed by atoms with Gasteiger partial charge >= 0.3 is 0 Å². The second kappa shape index (κ2) is 9.03. The van der Waals surface area contributed by atoms with Crippen molar-refractivity contribution >= 4 is 17.7 Å². The molecule has 3 amide bonds. The lowest BCUT2D eigenvalue weighted by Crippen LogP contribution is -2.29. The molecule has 0 bridgehead atoms. The third-order valence-corrected chi connectivity index (χ3v) is 5.39. The molecule has 0 radical (unpaired) electrons. The molecule has 1 aliphatic rings. The number of methoxy groups -OCH3 is 1. The zero-order valence-electron chi connectivity index (χ0n) is 17.4. The molecule has 3 aromatic carbocycles. The molecule has 0 aromatic heterocycles. The molecule has 0 fully saturated rings. The van der Waals surface area contributed by atoms with E-state index in [-0.39, 0.29) is 30.8 Å². The van der Waals surface area contributed by atoms with Crippen LogP contribution in [0.25, 0.3) is 0 Å². The highest BCUT2D eigenvalue weighted by molar-refractivity contribution is 6.21. The number of nitrogens with one attached hydrogen (secondary N) is 1. The summed E-state index contributed by atoms with van der Waals surface area (Å²) in [6.07, 6.45) is -0.849. The minimum absolute atomic E-state index is 0.0575. The summed E-state index contributed by atoms with van der Waals surface area (Å²) in [6, 6.07) is 20.4. The predicted molar refractivity (Wildman–Crippen MR) is 117 cm³/mol. The van der Waals surface area contributed by atoms with Crippen LogP contribution in [0.1, 0.15) is 48.3 Å². The molecule has 4 rings (SSSR count). The number of hydrogen-bond donors (Lipinski definition) is 2. The Balaban J connectivity index is 1.35. The number of rotatable bonds is 7. The maximum absolute atomic E-state index is 12.5. The van der Waals surface area contributed by atoms with E-state index in [0.29, 0.717) is 28.0 Å². The zero-order valence-corrected chi connectivity index (χ0v) is 17.4. The monoisotopic (exact) mass is 430 g/mol. The molecular weight excluding hydrogens is 408 g/mol. The maximum Gasteiger partial charge on any atom is 0.261 e. The summed E-state index contributed by atoms with van der Waals surface area (Å²) >= 11 is 0. The van der Waals surface area contributed by atoms with E-state index in [1.165, 1.54) is 4.90 Å². The molecule has 7 nitrogen and oxygen atoms in total. The lowest BCUT2D eigenvalue weighted by atomic mass is 10.1. The van der Waals surface area contributed by atoms with Crippen molar-refractivity contribution in [1.29, 1.82) is 0 Å². The number of aliphatic hydroxyl groups excluding tert-OH is 1. The number of hydrogen-bond acceptors (Lipinski definition) is 5. The Morgan fingerprint density at radius 2 is 1.53 bits per heavy atom. The second-order valence-corrected chi connectivity index (χ2v) is 7.44. The first-order valence-corrected chi connectivity index (χ1v) is 10.1. The van der Waals surface area contributed by atoms with Gasteiger partial charge in [-0.15, -0.1) is 0 Å². The van der Waals surface area contributed by atoms with E-state index in [1.807, 2.05) is 0 Å². The number of imide groups is 1. The van der Waals surface area contributed by atoms with E-state index in [2.05, 4.69) is 5.32 Å². The van der Waals surface area contributed by atoms with Gasteiger partial charge in [0.15, 0.2) is 0 Å². The molecule has 0 spiro atoms. The van der Waals surface area contributed by atoms with Gasteiger partial charge in [0.1, 0.15) is 5.75 Å². The molecule has 1 atom stereocenters. The predicted octanol–water partition coefficient (Wildman–Crippen LogP) is 2.95. The van der Waals surface area contributed by atoms with Crippen molar-refractivity contribution in [2.24, 2.45) is 0 Å². The van der Waals surface area contributed by atoms with Gasteiger partial charge in [0.25, 0.3) is 17.7 Å². The Bertz CT molecular complexity index is 1120. The zero-order chi connectivity index (χ0) is 22.7. The van der Waals surface area contributed by atoms with Gasteiger partial charge in [-0.25, -0.2) is 0 Å². The van der Waals surface area contributed by atoms with Gasteiger partial charge in [-0.1, -0.05) is 36.4 Å². The van der Waals surface area contributed by atoms with E-state index < -0.39 is 6.10 Å². The molecular formula is C25H22N2O5. The highest BCUT2D eigenvalue weighted by Gasteiger charge is 2.34. The largest absolute Gasteiger partial charge is 0.497 e. The van der Waals surface area contributed by atoms with Crippen LogP contribution in [-0.4, -0.2) is 41.4 Å². The smallest absolute Gasteiger partial charge is 0.261 e. The molecule has 0 saturated carbocycles. The molecule has 7 heteroatoms. The van der Waals surface area contributed by atoms with Gasteiger partial charge in [0.05, 0.1) is 30.9 Å². The topological polar surface area (TPSA) is 95.9 Å². The summed E-state index contributed by atoms with van der Waals surface area (Å²) in [7, 11) is 1.57. The average molecular weight is 430 g/mol. The van der Waals surface area contributed by atoms with Crippen molar-refractivity contribution < 1.29 is 24.2 Å². The van der Waals surface area contributed by atoms with Crippen LogP contribution < -0.4 is 10.1 Å². The van der Waals surface area contributed by atoms with E-state index >= 15 is 0 Å². The quantitative estimate of drug-likeness (QED) is 0.562. The number of carbonyl (C=O) groups excluding carboxylic acids is 3.